The van der Waals surface area contributed by atoms with Crippen LogP contribution in [0.3, 0.4) is 0 Å². The molecule has 0 radical (unpaired) electrons. The molecule has 52 heavy (non-hydrogen) atoms. The van der Waals surface area contributed by atoms with E-state index < -0.39 is 45.0 Å². The summed E-state index contributed by atoms with van der Waals surface area (Å²) in [4.78, 5) is 27.3. The SMILES string of the molecule is CS(=O)(=O)c1ccc(N2CCOCC2)c(C(=O)N2CCN(c3ncc(C(F)(F)F)cc3F)CC2)c1.Fc1cc(C(F)(F)F)cnc1N1CCNCC1. The van der Waals surface area contributed by atoms with Gasteiger partial charge in [-0.2, -0.15) is 26.3 Å². The number of carbonyl (C=O) groups excluding carboxylic acids is 1. The molecule has 284 valence electrons. The first-order valence-electron chi connectivity index (χ1n) is 16.1. The number of anilines is 3. The normalized spacial score (nSPS) is 17.5. The Morgan fingerprint density at radius 1 is 0.731 bits per heavy atom. The number of hydrogen-bond donors (Lipinski definition) is 1. The largest absolute Gasteiger partial charge is 0.417 e. The highest BCUT2D eigenvalue weighted by atomic mass is 32.2. The molecule has 3 aromatic rings. The maximum atomic E-state index is 14.3. The van der Waals surface area contributed by atoms with Crippen molar-refractivity contribution in [3.05, 3.63) is 71.1 Å². The van der Waals surface area contributed by atoms with Crippen LogP contribution in [0.5, 0.6) is 0 Å². The third-order valence-electron chi connectivity index (χ3n) is 8.56. The van der Waals surface area contributed by atoms with E-state index in [4.69, 9.17) is 4.74 Å². The van der Waals surface area contributed by atoms with E-state index >= 15 is 0 Å². The van der Waals surface area contributed by atoms with Crippen molar-refractivity contribution in [2.24, 2.45) is 0 Å². The number of halogens is 8. The van der Waals surface area contributed by atoms with Crippen LogP contribution in [0.2, 0.25) is 0 Å². The molecule has 3 fully saturated rings. The summed E-state index contributed by atoms with van der Waals surface area (Å²) in [5.41, 5.74) is -1.39. The highest BCUT2D eigenvalue weighted by Gasteiger charge is 2.34. The summed E-state index contributed by atoms with van der Waals surface area (Å²) in [6.07, 6.45) is -6.94. The van der Waals surface area contributed by atoms with E-state index in [-0.39, 0.29) is 54.2 Å². The molecule has 0 bridgehead atoms. The zero-order valence-corrected chi connectivity index (χ0v) is 28.6. The van der Waals surface area contributed by atoms with E-state index in [9.17, 15) is 48.3 Å². The van der Waals surface area contributed by atoms with E-state index in [2.05, 4.69) is 15.3 Å². The van der Waals surface area contributed by atoms with Crippen molar-refractivity contribution in [1.29, 1.82) is 0 Å². The van der Waals surface area contributed by atoms with Crippen molar-refractivity contribution >= 4 is 33.1 Å². The Hall–Kier alpha value is -4.30. The molecule has 0 aliphatic carbocycles. The third-order valence-corrected chi connectivity index (χ3v) is 9.67. The van der Waals surface area contributed by atoms with E-state index in [0.29, 0.717) is 82.7 Å². The van der Waals surface area contributed by atoms with Crippen molar-refractivity contribution < 1.29 is 53.1 Å². The third kappa shape index (κ3) is 9.37. The van der Waals surface area contributed by atoms with E-state index in [1.165, 1.54) is 21.9 Å². The van der Waals surface area contributed by atoms with Crippen LogP contribution in [-0.2, 0) is 26.9 Å². The quantitative estimate of drug-likeness (QED) is 0.382. The van der Waals surface area contributed by atoms with Gasteiger partial charge in [0, 0.05) is 89.8 Å². The fourth-order valence-corrected chi connectivity index (χ4v) is 6.45. The standard InChI is InChI=1S/C22H24F4N4O4S.C10H11F4N3/c1-35(32,33)16-2-3-19(28-8-10-34-11-9-28)17(13-16)21(31)30-6-4-29(5-7-30)20-18(23)12-15(14-27-20)22(24,25)26;11-8-5-7(10(12,13)14)6-16-9(8)17-3-1-15-2-4-17/h2-3,12-14H,4-11H2,1H3;5-6,15H,1-4H2. The minimum absolute atomic E-state index is 0.0144. The summed E-state index contributed by atoms with van der Waals surface area (Å²) in [6.45, 7) is 5.08. The van der Waals surface area contributed by atoms with Crippen LogP contribution in [0, 0.1) is 11.6 Å². The van der Waals surface area contributed by atoms with Gasteiger partial charge in [0.1, 0.15) is 0 Å². The first kappa shape index (κ1) is 38.9. The van der Waals surface area contributed by atoms with E-state index in [0.717, 1.165) is 6.26 Å². The van der Waals surface area contributed by atoms with Crippen LogP contribution in [0.15, 0.2) is 47.6 Å². The van der Waals surface area contributed by atoms with Gasteiger partial charge in [-0.25, -0.2) is 27.2 Å². The van der Waals surface area contributed by atoms with Gasteiger partial charge in [-0.05, 0) is 30.3 Å². The maximum Gasteiger partial charge on any atom is 0.417 e. The Balaban J connectivity index is 0.000000257. The van der Waals surface area contributed by atoms with E-state index in [1.54, 1.807) is 11.0 Å². The predicted molar refractivity (Wildman–Crippen MR) is 174 cm³/mol. The number of alkyl halides is 6. The Labute approximate surface area is 294 Å². The smallest absolute Gasteiger partial charge is 0.378 e. The second-order valence-electron chi connectivity index (χ2n) is 12.1. The van der Waals surface area contributed by atoms with Crippen molar-refractivity contribution in [3.63, 3.8) is 0 Å². The second kappa shape index (κ2) is 15.7. The molecule has 5 heterocycles. The van der Waals surface area contributed by atoms with Gasteiger partial charge in [0.15, 0.2) is 33.1 Å². The lowest BCUT2D eigenvalue weighted by Gasteiger charge is -2.37. The second-order valence-corrected chi connectivity index (χ2v) is 14.1. The van der Waals surface area contributed by atoms with Gasteiger partial charge in [0.05, 0.1) is 34.8 Å². The van der Waals surface area contributed by atoms with Gasteiger partial charge in [-0.3, -0.25) is 4.79 Å². The summed E-state index contributed by atoms with van der Waals surface area (Å²) in [5, 5.41) is 3.07. The maximum absolute atomic E-state index is 14.3. The fraction of sp³-hybridized carbons (Fsp3) is 0.469. The van der Waals surface area contributed by atoms with Crippen LogP contribution in [0.4, 0.5) is 52.4 Å². The van der Waals surface area contributed by atoms with Gasteiger partial charge in [0.25, 0.3) is 5.91 Å². The van der Waals surface area contributed by atoms with Gasteiger partial charge >= 0.3 is 12.4 Å². The summed E-state index contributed by atoms with van der Waals surface area (Å²) in [6, 6.07) is 5.35. The number of aromatic nitrogens is 2. The molecular weight excluding hydrogens is 730 g/mol. The highest BCUT2D eigenvalue weighted by Crippen LogP contribution is 2.33. The van der Waals surface area contributed by atoms with Crippen LogP contribution in [-0.4, -0.2) is 114 Å². The lowest BCUT2D eigenvalue weighted by molar-refractivity contribution is -0.138. The number of nitrogens with one attached hydrogen (secondary N) is 1. The Morgan fingerprint density at radius 2 is 1.23 bits per heavy atom. The number of pyridine rings is 2. The molecule has 2 aromatic heterocycles. The minimum Gasteiger partial charge on any atom is -0.378 e. The Kier molecular flexibility index (Phi) is 11.8. The molecule has 1 amide bonds. The lowest BCUT2D eigenvalue weighted by atomic mass is 10.1. The Morgan fingerprint density at radius 3 is 1.69 bits per heavy atom. The molecule has 20 heteroatoms. The molecule has 3 saturated heterocycles. The number of morpholine rings is 1. The van der Waals surface area contributed by atoms with Crippen LogP contribution >= 0.6 is 0 Å². The van der Waals surface area contributed by atoms with E-state index in [1.807, 2.05) is 4.90 Å². The zero-order chi connectivity index (χ0) is 37.8. The van der Waals surface area contributed by atoms with Crippen molar-refractivity contribution in [2.75, 3.05) is 99.6 Å². The van der Waals surface area contributed by atoms with Crippen molar-refractivity contribution in [2.45, 2.75) is 17.2 Å². The van der Waals surface area contributed by atoms with Gasteiger partial charge in [0.2, 0.25) is 0 Å². The minimum atomic E-state index is -4.70. The van der Waals surface area contributed by atoms with Gasteiger partial charge < -0.3 is 29.7 Å². The number of nitrogens with zero attached hydrogens (tertiary/aromatic N) is 6. The zero-order valence-electron chi connectivity index (χ0n) is 27.8. The average Bonchev–Trinajstić information content (AvgIpc) is 3.11. The number of ether oxygens (including phenoxy) is 1. The molecule has 6 rings (SSSR count). The summed E-state index contributed by atoms with van der Waals surface area (Å²) in [7, 11) is -3.55. The molecule has 0 saturated carbocycles. The van der Waals surface area contributed by atoms with Gasteiger partial charge in [-0.1, -0.05) is 0 Å². The summed E-state index contributed by atoms with van der Waals surface area (Å²) < 4.78 is 133. The number of carbonyl (C=O) groups is 1. The number of piperazine rings is 2. The summed E-state index contributed by atoms with van der Waals surface area (Å²) >= 11 is 0. The van der Waals surface area contributed by atoms with Crippen LogP contribution < -0.4 is 20.0 Å². The Bertz CT molecular complexity index is 1840. The number of rotatable bonds is 5. The number of sulfone groups is 1. The predicted octanol–water partition coefficient (Wildman–Crippen LogP) is 4.09. The molecule has 1 aromatic carbocycles. The summed E-state index contributed by atoms with van der Waals surface area (Å²) in [5.74, 6) is -2.62. The topological polar surface area (TPSA) is 111 Å². The molecule has 0 unspecified atom stereocenters. The molecular formula is C32H35F8N7O4S. The molecule has 3 aliphatic heterocycles. The number of amides is 1. The lowest BCUT2D eigenvalue weighted by Crippen LogP contribution is -2.49. The van der Waals surface area contributed by atoms with Crippen LogP contribution in [0.25, 0.3) is 0 Å². The highest BCUT2D eigenvalue weighted by molar-refractivity contribution is 7.90. The molecule has 11 nitrogen and oxygen atoms in total. The molecule has 3 aliphatic rings. The number of hydrogen-bond acceptors (Lipinski definition) is 10. The van der Waals surface area contributed by atoms with Crippen molar-refractivity contribution in [3.8, 4) is 0 Å². The van der Waals surface area contributed by atoms with Gasteiger partial charge in [-0.15, -0.1) is 0 Å². The van der Waals surface area contributed by atoms with Crippen molar-refractivity contribution in [1.82, 2.24) is 20.2 Å². The first-order valence-corrected chi connectivity index (χ1v) is 17.9. The average molecular weight is 766 g/mol. The first-order chi connectivity index (χ1) is 24.4. The molecule has 1 N–H and O–H groups in total. The monoisotopic (exact) mass is 765 g/mol. The van der Waals surface area contributed by atoms with Crippen LogP contribution in [0.1, 0.15) is 21.5 Å². The molecule has 0 atom stereocenters. The molecule has 0 spiro atoms. The number of benzene rings is 1. The fourth-order valence-electron chi connectivity index (χ4n) is 5.80.